The summed E-state index contributed by atoms with van der Waals surface area (Å²) in [6.07, 6.45) is 3.99. The molecule has 1 unspecified atom stereocenters. The fourth-order valence-corrected chi connectivity index (χ4v) is 1.40. The van der Waals surface area contributed by atoms with E-state index in [1.54, 1.807) is 0 Å². The van der Waals surface area contributed by atoms with Crippen molar-refractivity contribution in [3.63, 3.8) is 0 Å². The van der Waals surface area contributed by atoms with Crippen LogP contribution < -0.4 is 0 Å². The van der Waals surface area contributed by atoms with Crippen LogP contribution in [0.5, 0.6) is 0 Å². The van der Waals surface area contributed by atoms with Crippen LogP contribution in [-0.4, -0.2) is 23.6 Å². The molecule has 0 spiro atoms. The molecule has 0 radical (unpaired) electrons. The summed E-state index contributed by atoms with van der Waals surface area (Å²) in [5, 5.41) is 1.81. The predicted molar refractivity (Wildman–Crippen MR) is 46.4 cm³/mol. The van der Waals surface area contributed by atoms with Gasteiger partial charge in [-0.15, -0.1) is 5.06 Å². The van der Waals surface area contributed by atoms with E-state index in [4.69, 9.17) is 4.84 Å². The third kappa shape index (κ3) is 2.48. The van der Waals surface area contributed by atoms with Gasteiger partial charge in [-0.2, -0.15) is 0 Å². The van der Waals surface area contributed by atoms with Crippen LogP contribution in [0.2, 0.25) is 0 Å². The summed E-state index contributed by atoms with van der Waals surface area (Å²) in [4.78, 5) is 16.1. The lowest BCUT2D eigenvalue weighted by molar-refractivity contribution is -0.205. The van der Waals surface area contributed by atoms with Gasteiger partial charge in [0.2, 0.25) is 0 Å². The molecule has 1 atom stereocenters. The van der Waals surface area contributed by atoms with Crippen LogP contribution in [0.15, 0.2) is 0 Å². The summed E-state index contributed by atoms with van der Waals surface area (Å²) in [7, 11) is 0. The van der Waals surface area contributed by atoms with Crippen LogP contribution in [0.4, 0.5) is 0 Å². The lowest BCUT2D eigenvalue weighted by Gasteiger charge is -2.31. The second kappa shape index (κ2) is 4.45. The Labute approximate surface area is 73.6 Å². The molecule has 0 aliphatic carbocycles. The van der Waals surface area contributed by atoms with Gasteiger partial charge >= 0.3 is 5.97 Å². The molecule has 1 aliphatic heterocycles. The van der Waals surface area contributed by atoms with Crippen LogP contribution in [0.3, 0.4) is 0 Å². The molecular formula is C9H17NO2. The van der Waals surface area contributed by atoms with E-state index in [9.17, 15) is 4.79 Å². The van der Waals surface area contributed by atoms with Crippen molar-refractivity contribution >= 4 is 5.97 Å². The first-order valence-electron chi connectivity index (χ1n) is 4.71. The largest absolute Gasteiger partial charge is 0.368 e. The molecule has 0 bridgehead atoms. The minimum Gasteiger partial charge on any atom is -0.368 e. The van der Waals surface area contributed by atoms with Crippen LogP contribution in [0.25, 0.3) is 0 Å². The summed E-state index contributed by atoms with van der Waals surface area (Å²) >= 11 is 0. The standard InChI is InChI=1S/C9H17NO2/c1-3-9(11)12-10-7-5-4-6-8(10)2/h8H,3-7H2,1-2H3/i2-1. The summed E-state index contributed by atoms with van der Waals surface area (Å²) in [6.45, 7) is 4.81. The maximum Gasteiger partial charge on any atom is 0.324 e. The molecule has 0 saturated carbocycles. The minimum atomic E-state index is -0.122. The second-order valence-electron chi connectivity index (χ2n) is 3.30. The van der Waals surface area contributed by atoms with E-state index in [2.05, 4.69) is 6.92 Å². The fourth-order valence-electron chi connectivity index (χ4n) is 1.40. The molecule has 0 N–H and O–H groups in total. The van der Waals surface area contributed by atoms with Crippen molar-refractivity contribution in [2.24, 2.45) is 0 Å². The summed E-state index contributed by atoms with van der Waals surface area (Å²) in [6, 6.07) is 0.397. The second-order valence-corrected chi connectivity index (χ2v) is 3.30. The first kappa shape index (κ1) is 9.52. The zero-order valence-corrected chi connectivity index (χ0v) is 7.88. The molecule has 0 amide bonds. The number of hydroxylamine groups is 2. The Kier molecular flexibility index (Phi) is 3.53. The summed E-state index contributed by atoms with van der Waals surface area (Å²) < 4.78 is 0. The van der Waals surface area contributed by atoms with Crippen LogP contribution in [0, 0.1) is 0 Å². The van der Waals surface area contributed by atoms with Crippen molar-refractivity contribution < 1.29 is 9.63 Å². The maximum absolute atomic E-state index is 11.0. The molecule has 1 fully saturated rings. The van der Waals surface area contributed by atoms with Gasteiger partial charge in [0, 0.05) is 19.0 Å². The molecule has 12 heavy (non-hydrogen) atoms. The molecule has 70 valence electrons. The monoisotopic (exact) mass is 170 g/mol. The average Bonchev–Trinajstić information content (AvgIpc) is 2.09. The van der Waals surface area contributed by atoms with E-state index >= 15 is 0 Å². The van der Waals surface area contributed by atoms with Gasteiger partial charge in [0.05, 0.1) is 0 Å². The van der Waals surface area contributed by atoms with E-state index in [1.165, 1.54) is 6.42 Å². The number of hydrogen-bond donors (Lipinski definition) is 0. The zero-order chi connectivity index (χ0) is 8.97. The van der Waals surface area contributed by atoms with Crippen molar-refractivity contribution in [1.82, 2.24) is 5.06 Å². The number of nitrogens with zero attached hydrogens (tertiary/aromatic N) is 1. The quantitative estimate of drug-likeness (QED) is 0.632. The first-order valence-corrected chi connectivity index (χ1v) is 4.71. The van der Waals surface area contributed by atoms with Crippen LogP contribution in [0.1, 0.15) is 39.5 Å². The summed E-state index contributed by atoms with van der Waals surface area (Å²) in [5.74, 6) is -0.122. The van der Waals surface area contributed by atoms with E-state index in [0.717, 1.165) is 19.4 Å². The Bertz CT molecular complexity index is 159. The van der Waals surface area contributed by atoms with E-state index < -0.39 is 0 Å². The first-order chi connectivity index (χ1) is 5.74. The van der Waals surface area contributed by atoms with Crippen molar-refractivity contribution in [2.45, 2.75) is 45.6 Å². The molecule has 0 aromatic rings. The van der Waals surface area contributed by atoms with Gasteiger partial charge in [-0.05, 0) is 19.8 Å². The molecular weight excluding hydrogens is 153 g/mol. The highest BCUT2D eigenvalue weighted by atomic mass is 16.7. The van der Waals surface area contributed by atoms with Gasteiger partial charge in [0.1, 0.15) is 0 Å². The fraction of sp³-hybridized carbons (Fsp3) is 0.889. The topological polar surface area (TPSA) is 29.5 Å². The van der Waals surface area contributed by atoms with E-state index in [-0.39, 0.29) is 5.97 Å². The minimum absolute atomic E-state index is 0.122. The van der Waals surface area contributed by atoms with Gasteiger partial charge < -0.3 is 4.84 Å². The van der Waals surface area contributed by atoms with E-state index in [1.807, 2.05) is 12.0 Å². The highest BCUT2D eigenvalue weighted by Crippen LogP contribution is 2.16. The highest BCUT2D eigenvalue weighted by molar-refractivity contribution is 5.68. The Hall–Kier alpha value is -0.570. The van der Waals surface area contributed by atoms with Gasteiger partial charge in [-0.25, -0.2) is 0 Å². The Morgan fingerprint density at radius 3 is 2.92 bits per heavy atom. The molecule has 1 heterocycles. The smallest absolute Gasteiger partial charge is 0.324 e. The number of rotatable bonds is 2. The number of carbonyl (C=O) groups excluding carboxylic acids is 1. The van der Waals surface area contributed by atoms with Gasteiger partial charge in [0.15, 0.2) is 0 Å². The Morgan fingerprint density at radius 1 is 1.58 bits per heavy atom. The number of hydrogen-bond acceptors (Lipinski definition) is 3. The van der Waals surface area contributed by atoms with Crippen molar-refractivity contribution in [2.75, 3.05) is 6.54 Å². The lowest BCUT2D eigenvalue weighted by Crippen LogP contribution is -2.38. The van der Waals surface area contributed by atoms with Crippen molar-refractivity contribution in [3.8, 4) is 0 Å². The summed E-state index contributed by atoms with van der Waals surface area (Å²) in [5.41, 5.74) is 0. The molecule has 1 aliphatic rings. The molecule has 3 heteroatoms. The molecule has 1 rings (SSSR count). The Balaban J connectivity index is 2.33. The SMILES string of the molecule is CCC(=O)ON1CCCCC1[11CH3]. The lowest BCUT2D eigenvalue weighted by atomic mass is 9.94. The molecule has 3 nitrogen and oxygen atoms in total. The van der Waals surface area contributed by atoms with Crippen LogP contribution >= 0.6 is 0 Å². The third-order valence-corrected chi connectivity index (χ3v) is 2.25. The molecule has 0 aromatic heterocycles. The predicted octanol–water partition coefficient (Wildman–Crippen LogP) is 1.73. The average molecular weight is 170 g/mol. The van der Waals surface area contributed by atoms with Crippen molar-refractivity contribution in [3.05, 3.63) is 0 Å². The van der Waals surface area contributed by atoms with Gasteiger partial charge in [-0.3, -0.25) is 4.79 Å². The number of carbonyl (C=O) groups is 1. The highest BCUT2D eigenvalue weighted by Gasteiger charge is 2.20. The maximum atomic E-state index is 11.0. The van der Waals surface area contributed by atoms with Crippen molar-refractivity contribution in [1.29, 1.82) is 0 Å². The van der Waals surface area contributed by atoms with Gasteiger partial charge in [-0.1, -0.05) is 13.3 Å². The molecule has 1 saturated heterocycles. The van der Waals surface area contributed by atoms with E-state index in [0.29, 0.717) is 12.5 Å². The molecule has 0 aromatic carbocycles. The normalized spacial score (nSPS) is 25.3. The third-order valence-electron chi connectivity index (χ3n) is 2.25. The van der Waals surface area contributed by atoms with Gasteiger partial charge in [0.25, 0.3) is 0 Å². The zero-order valence-electron chi connectivity index (χ0n) is 7.88. The number of piperidine rings is 1. The Morgan fingerprint density at radius 2 is 2.33 bits per heavy atom. The van der Waals surface area contributed by atoms with Crippen LogP contribution in [-0.2, 0) is 9.63 Å².